The standard InChI is InChI=1S/C13H17NO5/c1-3-6-14(8-12(16)17)13(18)10-7-9(19-2)4-5-11(10)15/h4-5,7,15H,3,6,8H2,1-2H3,(H,16,17). The maximum Gasteiger partial charge on any atom is 0.323 e. The molecular weight excluding hydrogens is 250 g/mol. The van der Waals surface area contributed by atoms with E-state index in [1.165, 1.54) is 30.2 Å². The first-order chi connectivity index (χ1) is 8.99. The number of ether oxygens (including phenoxy) is 1. The predicted octanol–water partition coefficient (Wildman–Crippen LogP) is 1.34. The molecule has 0 radical (unpaired) electrons. The summed E-state index contributed by atoms with van der Waals surface area (Å²) in [5, 5.41) is 18.5. The fraction of sp³-hybridized carbons (Fsp3) is 0.385. The number of aromatic hydroxyl groups is 1. The molecule has 0 aliphatic carbocycles. The van der Waals surface area contributed by atoms with Crippen LogP contribution < -0.4 is 4.74 Å². The van der Waals surface area contributed by atoms with E-state index in [9.17, 15) is 14.7 Å². The van der Waals surface area contributed by atoms with E-state index < -0.39 is 18.4 Å². The molecule has 0 unspecified atom stereocenters. The summed E-state index contributed by atoms with van der Waals surface area (Å²) in [7, 11) is 1.45. The third kappa shape index (κ3) is 3.87. The van der Waals surface area contributed by atoms with Crippen molar-refractivity contribution in [3.05, 3.63) is 23.8 Å². The number of aliphatic carboxylic acids is 1. The van der Waals surface area contributed by atoms with Gasteiger partial charge in [-0.25, -0.2) is 0 Å². The molecule has 0 spiro atoms. The summed E-state index contributed by atoms with van der Waals surface area (Å²) < 4.78 is 4.98. The Morgan fingerprint density at radius 1 is 1.37 bits per heavy atom. The van der Waals surface area contributed by atoms with E-state index in [4.69, 9.17) is 9.84 Å². The number of amides is 1. The van der Waals surface area contributed by atoms with Gasteiger partial charge in [-0.2, -0.15) is 0 Å². The molecule has 0 aliphatic rings. The molecule has 104 valence electrons. The Hall–Kier alpha value is -2.24. The molecule has 0 saturated carbocycles. The molecule has 0 heterocycles. The minimum Gasteiger partial charge on any atom is -0.507 e. The van der Waals surface area contributed by atoms with Crippen molar-refractivity contribution < 1.29 is 24.5 Å². The Labute approximate surface area is 111 Å². The number of methoxy groups -OCH3 is 1. The molecule has 19 heavy (non-hydrogen) atoms. The van der Waals surface area contributed by atoms with Gasteiger partial charge in [-0.3, -0.25) is 9.59 Å². The Morgan fingerprint density at radius 3 is 2.58 bits per heavy atom. The maximum absolute atomic E-state index is 12.2. The summed E-state index contributed by atoms with van der Waals surface area (Å²) >= 11 is 0. The molecule has 0 bridgehead atoms. The molecule has 1 aromatic rings. The molecule has 0 fully saturated rings. The van der Waals surface area contributed by atoms with Crippen molar-refractivity contribution in [3.8, 4) is 11.5 Å². The van der Waals surface area contributed by atoms with Crippen LogP contribution in [0.15, 0.2) is 18.2 Å². The molecular formula is C13H17NO5. The number of carboxylic acids is 1. The zero-order valence-electron chi connectivity index (χ0n) is 10.9. The zero-order chi connectivity index (χ0) is 14.4. The van der Waals surface area contributed by atoms with Crippen LogP contribution in [0.25, 0.3) is 0 Å². The second-order valence-electron chi connectivity index (χ2n) is 4.00. The largest absolute Gasteiger partial charge is 0.507 e. The first kappa shape index (κ1) is 14.8. The van der Waals surface area contributed by atoms with Crippen molar-refractivity contribution in [1.82, 2.24) is 4.90 Å². The van der Waals surface area contributed by atoms with Crippen LogP contribution in [0, 0.1) is 0 Å². The van der Waals surface area contributed by atoms with Gasteiger partial charge in [-0.1, -0.05) is 6.92 Å². The number of hydrogen-bond donors (Lipinski definition) is 2. The lowest BCUT2D eigenvalue weighted by atomic mass is 10.1. The predicted molar refractivity (Wildman–Crippen MR) is 68.5 cm³/mol. The van der Waals surface area contributed by atoms with Crippen LogP contribution in [0.5, 0.6) is 11.5 Å². The lowest BCUT2D eigenvalue weighted by molar-refractivity contribution is -0.137. The molecule has 1 rings (SSSR count). The lowest BCUT2D eigenvalue weighted by Gasteiger charge is -2.20. The second-order valence-corrected chi connectivity index (χ2v) is 4.00. The SMILES string of the molecule is CCCN(CC(=O)O)C(=O)c1cc(OC)ccc1O. The zero-order valence-corrected chi connectivity index (χ0v) is 10.9. The van der Waals surface area contributed by atoms with Crippen LogP contribution in [0.3, 0.4) is 0 Å². The average Bonchev–Trinajstić information content (AvgIpc) is 2.37. The van der Waals surface area contributed by atoms with Gasteiger partial charge >= 0.3 is 5.97 Å². The molecule has 1 aromatic carbocycles. The number of carbonyl (C=O) groups is 2. The van der Waals surface area contributed by atoms with Crippen LogP contribution in [0.2, 0.25) is 0 Å². The van der Waals surface area contributed by atoms with Gasteiger partial charge in [-0.15, -0.1) is 0 Å². The van der Waals surface area contributed by atoms with Crippen molar-refractivity contribution in [2.24, 2.45) is 0 Å². The van der Waals surface area contributed by atoms with E-state index in [2.05, 4.69) is 0 Å². The minimum atomic E-state index is -1.09. The topological polar surface area (TPSA) is 87.1 Å². The summed E-state index contributed by atoms with van der Waals surface area (Å²) in [6.07, 6.45) is 0.629. The quantitative estimate of drug-likeness (QED) is 0.812. The number of carbonyl (C=O) groups excluding carboxylic acids is 1. The summed E-state index contributed by atoms with van der Waals surface area (Å²) in [4.78, 5) is 24.1. The lowest BCUT2D eigenvalue weighted by Crippen LogP contribution is -2.36. The molecule has 6 heteroatoms. The molecule has 0 aliphatic heterocycles. The highest BCUT2D eigenvalue weighted by atomic mass is 16.5. The fourth-order valence-electron chi connectivity index (χ4n) is 1.67. The van der Waals surface area contributed by atoms with Crippen LogP contribution in [-0.2, 0) is 4.79 Å². The molecule has 2 N–H and O–H groups in total. The number of nitrogens with zero attached hydrogens (tertiary/aromatic N) is 1. The Bertz CT molecular complexity index is 472. The average molecular weight is 267 g/mol. The van der Waals surface area contributed by atoms with E-state index in [1.807, 2.05) is 6.92 Å². The number of phenolic OH excluding ortho intramolecular Hbond substituents is 1. The van der Waals surface area contributed by atoms with E-state index in [0.29, 0.717) is 18.7 Å². The van der Waals surface area contributed by atoms with E-state index in [1.54, 1.807) is 0 Å². The third-order valence-electron chi connectivity index (χ3n) is 2.54. The summed E-state index contributed by atoms with van der Waals surface area (Å²) in [5.41, 5.74) is 0.0362. The van der Waals surface area contributed by atoms with E-state index in [-0.39, 0.29) is 11.3 Å². The third-order valence-corrected chi connectivity index (χ3v) is 2.54. The number of rotatable bonds is 6. The molecule has 6 nitrogen and oxygen atoms in total. The van der Waals surface area contributed by atoms with Gasteiger partial charge in [0.1, 0.15) is 18.0 Å². The highest BCUT2D eigenvalue weighted by molar-refractivity contribution is 5.98. The van der Waals surface area contributed by atoms with Crippen LogP contribution >= 0.6 is 0 Å². The number of carboxylic acid groups (broad SMARTS) is 1. The normalized spacial score (nSPS) is 10.0. The van der Waals surface area contributed by atoms with E-state index in [0.717, 1.165) is 0 Å². The minimum absolute atomic E-state index is 0.0362. The number of benzene rings is 1. The Morgan fingerprint density at radius 2 is 2.05 bits per heavy atom. The molecule has 1 amide bonds. The summed E-state index contributed by atoms with van der Waals surface area (Å²) in [6, 6.07) is 4.26. The van der Waals surface area contributed by atoms with Crippen molar-refractivity contribution >= 4 is 11.9 Å². The molecule has 0 aromatic heterocycles. The molecule has 0 atom stereocenters. The van der Waals surface area contributed by atoms with Crippen molar-refractivity contribution in [2.45, 2.75) is 13.3 Å². The van der Waals surface area contributed by atoms with Gasteiger partial charge in [0.15, 0.2) is 0 Å². The maximum atomic E-state index is 12.2. The van der Waals surface area contributed by atoms with Gasteiger partial charge in [0.25, 0.3) is 5.91 Å². The van der Waals surface area contributed by atoms with Gasteiger partial charge in [0.05, 0.1) is 12.7 Å². The second kappa shape index (κ2) is 6.63. The fourth-order valence-corrected chi connectivity index (χ4v) is 1.67. The molecule has 0 saturated heterocycles. The van der Waals surface area contributed by atoms with E-state index >= 15 is 0 Å². The van der Waals surface area contributed by atoms with Crippen molar-refractivity contribution in [2.75, 3.05) is 20.2 Å². The van der Waals surface area contributed by atoms with Crippen LogP contribution in [-0.4, -0.2) is 47.2 Å². The smallest absolute Gasteiger partial charge is 0.323 e. The highest BCUT2D eigenvalue weighted by Gasteiger charge is 2.21. The number of hydrogen-bond acceptors (Lipinski definition) is 4. The van der Waals surface area contributed by atoms with Crippen LogP contribution in [0.4, 0.5) is 0 Å². The van der Waals surface area contributed by atoms with Crippen molar-refractivity contribution in [1.29, 1.82) is 0 Å². The van der Waals surface area contributed by atoms with Gasteiger partial charge in [0, 0.05) is 6.54 Å². The first-order valence-corrected chi connectivity index (χ1v) is 5.87. The first-order valence-electron chi connectivity index (χ1n) is 5.87. The van der Waals surface area contributed by atoms with Gasteiger partial charge < -0.3 is 19.8 Å². The van der Waals surface area contributed by atoms with Gasteiger partial charge in [-0.05, 0) is 24.6 Å². The summed E-state index contributed by atoms with van der Waals surface area (Å²) in [6.45, 7) is 1.75. The number of phenols is 1. The summed E-state index contributed by atoms with van der Waals surface area (Å²) in [5.74, 6) is -1.39. The Kier molecular flexibility index (Phi) is 5.17. The van der Waals surface area contributed by atoms with Crippen LogP contribution in [0.1, 0.15) is 23.7 Å². The Balaban J connectivity index is 3.04. The van der Waals surface area contributed by atoms with Crippen molar-refractivity contribution in [3.63, 3.8) is 0 Å². The van der Waals surface area contributed by atoms with Gasteiger partial charge in [0.2, 0.25) is 0 Å². The monoisotopic (exact) mass is 267 g/mol. The highest BCUT2D eigenvalue weighted by Crippen LogP contribution is 2.24.